The van der Waals surface area contributed by atoms with E-state index in [4.69, 9.17) is 5.11 Å². The van der Waals surface area contributed by atoms with E-state index in [0.29, 0.717) is 5.92 Å². The number of carbonyl (C=O) groups is 1. The predicted molar refractivity (Wildman–Crippen MR) is 91.5 cm³/mol. The van der Waals surface area contributed by atoms with Gasteiger partial charge in [-0.1, -0.05) is 96.3 Å². The van der Waals surface area contributed by atoms with E-state index >= 15 is 0 Å². The van der Waals surface area contributed by atoms with Gasteiger partial charge in [0.1, 0.15) is 0 Å². The second-order valence-electron chi connectivity index (χ2n) is 6.03. The fourth-order valence-corrected chi connectivity index (χ4v) is 2.44. The summed E-state index contributed by atoms with van der Waals surface area (Å²) in [5.74, 6) is -0.348. The molecule has 0 saturated heterocycles. The van der Waals surface area contributed by atoms with Crippen molar-refractivity contribution in [3.63, 3.8) is 0 Å². The number of unbranched alkanes of at least 4 members (excludes halogenated alkanes) is 9. The fraction of sp³-hybridized carbons (Fsp3) is 0.737. The highest BCUT2D eigenvalue weighted by atomic mass is 16.4. The Kier molecular flexibility index (Phi) is 14.6. The molecule has 0 aliphatic rings. The van der Waals surface area contributed by atoms with Gasteiger partial charge in [-0.15, -0.1) is 0 Å². The molecular weight excluding hydrogens is 260 g/mol. The van der Waals surface area contributed by atoms with Crippen molar-refractivity contribution in [1.82, 2.24) is 0 Å². The summed E-state index contributed by atoms with van der Waals surface area (Å²) in [6.45, 7) is 4.46. The quantitative estimate of drug-likeness (QED) is 0.238. The molecule has 0 heterocycles. The van der Waals surface area contributed by atoms with Crippen LogP contribution in [0.4, 0.5) is 0 Å². The van der Waals surface area contributed by atoms with Crippen molar-refractivity contribution < 1.29 is 9.90 Å². The Hall–Kier alpha value is -1.05. The van der Waals surface area contributed by atoms with E-state index in [9.17, 15) is 4.79 Å². The van der Waals surface area contributed by atoms with E-state index in [2.05, 4.69) is 19.9 Å². The van der Waals surface area contributed by atoms with Gasteiger partial charge in [0.15, 0.2) is 0 Å². The Morgan fingerprint density at radius 1 is 0.905 bits per heavy atom. The lowest BCUT2D eigenvalue weighted by Crippen LogP contribution is -1.90. The second-order valence-corrected chi connectivity index (χ2v) is 6.03. The highest BCUT2D eigenvalue weighted by Crippen LogP contribution is 2.14. The third-order valence-corrected chi connectivity index (χ3v) is 3.80. The van der Waals surface area contributed by atoms with Crippen molar-refractivity contribution in [3.8, 4) is 0 Å². The highest BCUT2D eigenvalue weighted by molar-refractivity contribution is 5.80. The van der Waals surface area contributed by atoms with Crippen LogP contribution in [0.25, 0.3) is 0 Å². The summed E-state index contributed by atoms with van der Waals surface area (Å²) in [6, 6.07) is 0. The number of allylic oxidation sites excluding steroid dienone is 3. The molecule has 0 spiro atoms. The van der Waals surface area contributed by atoms with Crippen molar-refractivity contribution in [2.24, 2.45) is 5.92 Å². The Morgan fingerprint density at radius 3 is 1.95 bits per heavy atom. The molecule has 0 aromatic rings. The lowest BCUT2D eigenvalue weighted by Gasteiger charge is -2.05. The largest absolute Gasteiger partial charge is 0.478 e. The summed E-state index contributed by atoms with van der Waals surface area (Å²) in [6.07, 6.45) is 21.6. The lowest BCUT2D eigenvalue weighted by molar-refractivity contribution is -0.131. The van der Waals surface area contributed by atoms with Gasteiger partial charge in [0, 0.05) is 6.08 Å². The number of hydrogen-bond donors (Lipinski definition) is 1. The zero-order valence-corrected chi connectivity index (χ0v) is 14.0. The van der Waals surface area contributed by atoms with Gasteiger partial charge < -0.3 is 5.11 Å². The molecule has 21 heavy (non-hydrogen) atoms. The first-order chi connectivity index (χ1) is 10.2. The second kappa shape index (κ2) is 15.3. The van der Waals surface area contributed by atoms with Crippen molar-refractivity contribution in [2.45, 2.75) is 84.5 Å². The molecular formula is C19H34O2. The Balaban J connectivity index is 3.32. The molecule has 0 aliphatic carbocycles. The Bertz CT molecular complexity index is 292. The van der Waals surface area contributed by atoms with Gasteiger partial charge in [0.2, 0.25) is 0 Å². The molecule has 0 aromatic carbocycles. The first-order valence-electron chi connectivity index (χ1n) is 8.74. The van der Waals surface area contributed by atoms with Crippen LogP contribution >= 0.6 is 0 Å². The summed E-state index contributed by atoms with van der Waals surface area (Å²) < 4.78 is 0. The first kappa shape index (κ1) is 19.9. The summed E-state index contributed by atoms with van der Waals surface area (Å²) in [5.41, 5.74) is 0. The lowest BCUT2D eigenvalue weighted by atomic mass is 10.0. The van der Waals surface area contributed by atoms with Gasteiger partial charge >= 0.3 is 5.97 Å². The highest BCUT2D eigenvalue weighted by Gasteiger charge is 1.97. The van der Waals surface area contributed by atoms with Crippen LogP contribution in [0.2, 0.25) is 0 Å². The minimum atomic E-state index is -0.887. The van der Waals surface area contributed by atoms with Crippen molar-refractivity contribution >= 4 is 5.97 Å². The summed E-state index contributed by atoms with van der Waals surface area (Å²) in [4.78, 5) is 10.3. The average molecular weight is 294 g/mol. The van der Waals surface area contributed by atoms with E-state index in [-0.39, 0.29) is 0 Å². The van der Waals surface area contributed by atoms with Crippen molar-refractivity contribution in [3.05, 3.63) is 24.3 Å². The minimum Gasteiger partial charge on any atom is -0.478 e. The van der Waals surface area contributed by atoms with Gasteiger partial charge in [-0.2, -0.15) is 0 Å². The van der Waals surface area contributed by atoms with Gasteiger partial charge in [-0.05, 0) is 12.3 Å². The molecule has 0 aromatic heterocycles. The van der Waals surface area contributed by atoms with Gasteiger partial charge in [-0.25, -0.2) is 4.79 Å². The molecule has 1 N–H and O–H groups in total. The van der Waals surface area contributed by atoms with Gasteiger partial charge in [0.05, 0.1) is 0 Å². The Labute approximate surface area is 131 Å². The fourth-order valence-electron chi connectivity index (χ4n) is 2.44. The molecule has 0 saturated carbocycles. The molecule has 1 atom stereocenters. The van der Waals surface area contributed by atoms with E-state index < -0.39 is 5.97 Å². The van der Waals surface area contributed by atoms with Gasteiger partial charge in [0.25, 0.3) is 0 Å². The van der Waals surface area contributed by atoms with Crippen LogP contribution in [0, 0.1) is 5.92 Å². The SMILES string of the molecule is CCCCCCCCCCCCC(C)C=CC=CC(=O)O. The zero-order valence-electron chi connectivity index (χ0n) is 14.0. The van der Waals surface area contributed by atoms with Crippen LogP contribution in [-0.2, 0) is 4.79 Å². The van der Waals surface area contributed by atoms with E-state index in [1.165, 1.54) is 76.7 Å². The predicted octanol–water partition coefficient (Wildman–Crippen LogP) is 6.13. The first-order valence-corrected chi connectivity index (χ1v) is 8.74. The zero-order chi connectivity index (χ0) is 15.8. The molecule has 1 unspecified atom stereocenters. The molecule has 0 bridgehead atoms. The van der Waals surface area contributed by atoms with E-state index in [1.54, 1.807) is 6.08 Å². The topological polar surface area (TPSA) is 37.3 Å². The smallest absolute Gasteiger partial charge is 0.328 e. The number of carboxylic acids is 1. The molecule has 0 aliphatic heterocycles. The molecule has 122 valence electrons. The van der Waals surface area contributed by atoms with Crippen LogP contribution in [-0.4, -0.2) is 11.1 Å². The van der Waals surface area contributed by atoms with Crippen molar-refractivity contribution in [1.29, 1.82) is 0 Å². The maximum atomic E-state index is 10.3. The summed E-state index contributed by atoms with van der Waals surface area (Å²) in [7, 11) is 0. The standard InChI is InChI=1S/C19H34O2/c1-3-4-5-6-7-8-9-10-11-12-15-18(2)16-13-14-17-19(20)21/h13-14,16-18H,3-12,15H2,1-2H3,(H,20,21). The van der Waals surface area contributed by atoms with Crippen LogP contribution in [0.1, 0.15) is 84.5 Å². The third kappa shape index (κ3) is 16.9. The monoisotopic (exact) mass is 294 g/mol. The van der Waals surface area contributed by atoms with E-state index in [1.807, 2.05) is 6.08 Å². The normalized spacial score (nSPS) is 13.2. The third-order valence-electron chi connectivity index (χ3n) is 3.80. The molecule has 2 heteroatoms. The van der Waals surface area contributed by atoms with Crippen LogP contribution in [0.5, 0.6) is 0 Å². The number of hydrogen-bond acceptors (Lipinski definition) is 1. The number of aliphatic carboxylic acids is 1. The maximum absolute atomic E-state index is 10.3. The summed E-state index contributed by atoms with van der Waals surface area (Å²) >= 11 is 0. The Morgan fingerprint density at radius 2 is 1.43 bits per heavy atom. The van der Waals surface area contributed by atoms with Gasteiger partial charge in [-0.3, -0.25) is 0 Å². The molecule has 0 radical (unpaired) electrons. The van der Waals surface area contributed by atoms with Crippen molar-refractivity contribution in [2.75, 3.05) is 0 Å². The van der Waals surface area contributed by atoms with Crippen LogP contribution < -0.4 is 0 Å². The van der Waals surface area contributed by atoms with Crippen LogP contribution in [0.3, 0.4) is 0 Å². The number of rotatable bonds is 14. The molecule has 0 amide bonds. The van der Waals surface area contributed by atoms with E-state index in [0.717, 1.165) is 0 Å². The van der Waals surface area contributed by atoms with Crippen LogP contribution in [0.15, 0.2) is 24.3 Å². The molecule has 2 nitrogen and oxygen atoms in total. The summed E-state index contributed by atoms with van der Waals surface area (Å²) in [5, 5.41) is 8.46. The molecule has 0 rings (SSSR count). The molecule has 0 fully saturated rings. The number of carboxylic acid groups (broad SMARTS) is 1. The average Bonchev–Trinajstić information content (AvgIpc) is 2.45. The minimum absolute atomic E-state index is 0.539. The maximum Gasteiger partial charge on any atom is 0.328 e.